The summed E-state index contributed by atoms with van der Waals surface area (Å²) in [6.45, 7) is 7.16. The van der Waals surface area contributed by atoms with E-state index < -0.39 is 5.60 Å². The van der Waals surface area contributed by atoms with Gasteiger partial charge in [0.25, 0.3) is 0 Å². The summed E-state index contributed by atoms with van der Waals surface area (Å²) in [4.78, 5) is 18.7. The number of hydrogen-bond acceptors (Lipinski definition) is 4. The number of hydrogen-bond donors (Lipinski definition) is 1. The predicted molar refractivity (Wildman–Crippen MR) is 90.8 cm³/mol. The van der Waals surface area contributed by atoms with Crippen molar-refractivity contribution in [3.05, 3.63) is 18.2 Å². The molecule has 0 radical (unpaired) electrons. The predicted octanol–water partition coefficient (Wildman–Crippen LogP) is 2.81. The molecule has 0 aromatic carbocycles. The summed E-state index contributed by atoms with van der Waals surface area (Å²) >= 11 is 0. The molecule has 3 aliphatic rings. The standard InChI is InChI=1S/C18H28N4O2/c1-17(2,3)24-16(23)21-11-18(12-21)10-14(15-19-8-9-22(15)18)20-13-6-4-5-7-13/h8-9,13-14,20H,4-7,10-12H2,1-3H3. The van der Waals surface area contributed by atoms with E-state index in [-0.39, 0.29) is 11.6 Å². The summed E-state index contributed by atoms with van der Waals surface area (Å²) in [6.07, 6.45) is 9.97. The fraction of sp³-hybridized carbons (Fsp3) is 0.778. The maximum absolute atomic E-state index is 12.3. The number of aromatic nitrogens is 2. The first kappa shape index (κ1) is 15.9. The molecule has 1 aromatic heterocycles. The van der Waals surface area contributed by atoms with Gasteiger partial charge in [-0.1, -0.05) is 12.8 Å². The molecule has 1 amide bonds. The van der Waals surface area contributed by atoms with E-state index in [1.54, 1.807) is 0 Å². The average Bonchev–Trinajstić information content (AvgIpc) is 3.12. The lowest BCUT2D eigenvalue weighted by atomic mass is 9.86. The lowest BCUT2D eigenvalue weighted by Crippen LogP contribution is -2.63. The van der Waals surface area contributed by atoms with Crippen LogP contribution in [-0.2, 0) is 10.3 Å². The fourth-order valence-corrected chi connectivity index (χ4v) is 4.46. The molecule has 1 unspecified atom stereocenters. The molecule has 1 saturated heterocycles. The molecule has 2 fully saturated rings. The van der Waals surface area contributed by atoms with Gasteiger partial charge in [0, 0.05) is 31.5 Å². The summed E-state index contributed by atoms with van der Waals surface area (Å²) in [5.41, 5.74) is -0.443. The van der Waals surface area contributed by atoms with Crippen molar-refractivity contribution in [1.29, 1.82) is 0 Å². The quantitative estimate of drug-likeness (QED) is 0.905. The second kappa shape index (κ2) is 5.48. The number of nitrogens with one attached hydrogen (secondary N) is 1. The van der Waals surface area contributed by atoms with Gasteiger partial charge in [0.15, 0.2) is 0 Å². The molecule has 24 heavy (non-hydrogen) atoms. The highest BCUT2D eigenvalue weighted by Crippen LogP contribution is 2.45. The molecule has 6 nitrogen and oxygen atoms in total. The SMILES string of the molecule is CC(C)(C)OC(=O)N1CC2(CC(NC3CCCC3)c3nccn32)C1. The van der Waals surface area contributed by atoms with Crippen molar-refractivity contribution in [3.8, 4) is 0 Å². The van der Waals surface area contributed by atoms with Gasteiger partial charge in [-0.3, -0.25) is 0 Å². The van der Waals surface area contributed by atoms with Crippen molar-refractivity contribution >= 4 is 6.09 Å². The zero-order valence-electron chi connectivity index (χ0n) is 14.9. The number of rotatable bonds is 2. The molecular weight excluding hydrogens is 304 g/mol. The molecule has 1 atom stereocenters. The van der Waals surface area contributed by atoms with E-state index >= 15 is 0 Å². The van der Waals surface area contributed by atoms with Crippen molar-refractivity contribution in [2.75, 3.05) is 13.1 Å². The van der Waals surface area contributed by atoms with E-state index in [0.717, 1.165) is 12.2 Å². The van der Waals surface area contributed by atoms with Gasteiger partial charge in [-0.25, -0.2) is 9.78 Å². The molecular formula is C18H28N4O2. The number of carbonyl (C=O) groups is 1. The highest BCUT2D eigenvalue weighted by atomic mass is 16.6. The van der Waals surface area contributed by atoms with Crippen molar-refractivity contribution < 1.29 is 9.53 Å². The van der Waals surface area contributed by atoms with Crippen LogP contribution in [0.1, 0.15) is 64.7 Å². The van der Waals surface area contributed by atoms with Crippen LogP contribution in [0.5, 0.6) is 0 Å². The molecule has 2 aliphatic heterocycles. The number of nitrogens with zero attached hydrogens (tertiary/aromatic N) is 3. The number of ether oxygens (including phenoxy) is 1. The Labute approximate surface area is 143 Å². The van der Waals surface area contributed by atoms with Crippen LogP contribution in [0.25, 0.3) is 0 Å². The van der Waals surface area contributed by atoms with E-state index in [2.05, 4.69) is 21.1 Å². The normalized spacial score (nSPS) is 25.8. The lowest BCUT2D eigenvalue weighted by Gasteiger charge is -2.48. The van der Waals surface area contributed by atoms with Crippen LogP contribution >= 0.6 is 0 Å². The van der Waals surface area contributed by atoms with Crippen LogP contribution in [0.4, 0.5) is 4.79 Å². The van der Waals surface area contributed by atoms with Gasteiger partial charge in [0.1, 0.15) is 11.4 Å². The molecule has 1 N–H and O–H groups in total. The van der Waals surface area contributed by atoms with Crippen LogP contribution in [0.3, 0.4) is 0 Å². The van der Waals surface area contributed by atoms with Gasteiger partial charge in [-0.15, -0.1) is 0 Å². The first-order valence-electron chi connectivity index (χ1n) is 9.14. The maximum atomic E-state index is 12.3. The molecule has 1 spiro atoms. The van der Waals surface area contributed by atoms with Crippen molar-refractivity contribution in [3.63, 3.8) is 0 Å². The summed E-state index contributed by atoms with van der Waals surface area (Å²) in [7, 11) is 0. The third kappa shape index (κ3) is 2.70. The molecule has 1 aromatic rings. The molecule has 1 aliphatic carbocycles. The smallest absolute Gasteiger partial charge is 0.410 e. The third-order valence-corrected chi connectivity index (χ3v) is 5.49. The summed E-state index contributed by atoms with van der Waals surface area (Å²) in [5.74, 6) is 1.13. The van der Waals surface area contributed by atoms with Crippen LogP contribution in [0.15, 0.2) is 12.4 Å². The van der Waals surface area contributed by atoms with Crippen LogP contribution in [0.2, 0.25) is 0 Å². The Kier molecular flexibility index (Phi) is 3.64. The number of likely N-dealkylation sites (tertiary alicyclic amines) is 1. The Morgan fingerprint density at radius 2 is 2.04 bits per heavy atom. The lowest BCUT2D eigenvalue weighted by molar-refractivity contribution is -0.0279. The van der Waals surface area contributed by atoms with Gasteiger partial charge < -0.3 is 19.5 Å². The number of amides is 1. The Morgan fingerprint density at radius 3 is 2.71 bits per heavy atom. The van der Waals surface area contributed by atoms with Crippen LogP contribution < -0.4 is 5.32 Å². The molecule has 132 valence electrons. The largest absolute Gasteiger partial charge is 0.444 e. The Balaban J connectivity index is 1.43. The van der Waals surface area contributed by atoms with E-state index in [1.165, 1.54) is 25.7 Å². The molecule has 4 rings (SSSR count). The van der Waals surface area contributed by atoms with Crippen molar-refractivity contribution in [2.45, 2.75) is 76.1 Å². The zero-order valence-corrected chi connectivity index (χ0v) is 14.9. The summed E-state index contributed by atoms with van der Waals surface area (Å²) in [6, 6.07) is 0.932. The number of imidazole rings is 1. The second-order valence-electron chi connectivity index (χ2n) is 8.62. The minimum atomic E-state index is -0.442. The topological polar surface area (TPSA) is 59.4 Å². The van der Waals surface area contributed by atoms with Gasteiger partial charge in [0.2, 0.25) is 0 Å². The second-order valence-corrected chi connectivity index (χ2v) is 8.62. The monoisotopic (exact) mass is 332 g/mol. The van der Waals surface area contributed by atoms with Gasteiger partial charge in [-0.2, -0.15) is 0 Å². The van der Waals surface area contributed by atoms with Gasteiger partial charge >= 0.3 is 6.09 Å². The maximum Gasteiger partial charge on any atom is 0.410 e. The molecule has 0 bridgehead atoms. The molecule has 6 heteroatoms. The summed E-state index contributed by atoms with van der Waals surface area (Å²) in [5, 5.41) is 3.81. The number of carbonyl (C=O) groups excluding carboxylic acids is 1. The van der Waals surface area contributed by atoms with E-state index in [1.807, 2.05) is 31.9 Å². The van der Waals surface area contributed by atoms with Gasteiger partial charge in [0.05, 0.1) is 11.6 Å². The highest BCUT2D eigenvalue weighted by Gasteiger charge is 2.54. The first-order valence-corrected chi connectivity index (χ1v) is 9.14. The van der Waals surface area contributed by atoms with Gasteiger partial charge in [-0.05, 0) is 40.0 Å². The number of fused-ring (bicyclic) bond motifs is 2. The van der Waals surface area contributed by atoms with Crippen molar-refractivity contribution in [2.24, 2.45) is 0 Å². The van der Waals surface area contributed by atoms with E-state index in [4.69, 9.17) is 4.74 Å². The Hall–Kier alpha value is -1.56. The van der Waals surface area contributed by atoms with Crippen LogP contribution in [0, 0.1) is 0 Å². The van der Waals surface area contributed by atoms with Crippen LogP contribution in [-0.4, -0.2) is 45.3 Å². The molecule has 1 saturated carbocycles. The first-order chi connectivity index (χ1) is 11.4. The highest BCUT2D eigenvalue weighted by molar-refractivity contribution is 5.69. The van der Waals surface area contributed by atoms with Crippen molar-refractivity contribution in [1.82, 2.24) is 19.8 Å². The fourth-order valence-electron chi connectivity index (χ4n) is 4.46. The minimum Gasteiger partial charge on any atom is -0.444 e. The zero-order chi connectivity index (χ0) is 16.9. The minimum absolute atomic E-state index is 0.000984. The Morgan fingerprint density at radius 1 is 1.33 bits per heavy atom. The molecule has 3 heterocycles. The van der Waals surface area contributed by atoms with E-state index in [0.29, 0.717) is 25.2 Å². The average molecular weight is 332 g/mol. The Bertz CT molecular complexity index is 621. The third-order valence-electron chi connectivity index (χ3n) is 5.49. The summed E-state index contributed by atoms with van der Waals surface area (Å²) < 4.78 is 7.79. The van der Waals surface area contributed by atoms with E-state index in [9.17, 15) is 4.79 Å².